The summed E-state index contributed by atoms with van der Waals surface area (Å²) in [7, 11) is 2.87. The van der Waals surface area contributed by atoms with Gasteiger partial charge in [-0.1, -0.05) is 24.3 Å². The number of carbonyl (C=O) groups excluding carboxylic acids is 2. The molecule has 0 radical (unpaired) electrons. The van der Waals surface area contributed by atoms with Crippen molar-refractivity contribution in [3.8, 4) is 0 Å². The number of methoxy groups -OCH3 is 2. The van der Waals surface area contributed by atoms with Crippen LogP contribution < -0.4 is 0 Å². The molecule has 27 heavy (non-hydrogen) atoms. The van der Waals surface area contributed by atoms with E-state index in [1.54, 1.807) is 11.8 Å². The van der Waals surface area contributed by atoms with E-state index in [2.05, 4.69) is 17.6 Å². The van der Waals surface area contributed by atoms with Crippen molar-refractivity contribution in [2.45, 2.75) is 36.5 Å². The van der Waals surface area contributed by atoms with Crippen LogP contribution in [0.1, 0.15) is 36.5 Å². The molecule has 0 amide bonds. The minimum atomic E-state index is -0.848. The van der Waals surface area contributed by atoms with Gasteiger partial charge >= 0.3 is 11.9 Å². The molecule has 2 aliphatic carbocycles. The topological polar surface area (TPSA) is 65.0 Å². The SMILES string of the molecule is COC(=O)[C@H]1c2cccc3c2CC2(C(=O)OC)C(C)=NC1(C)C1C=CSC312. The van der Waals surface area contributed by atoms with E-state index in [9.17, 15) is 9.59 Å². The Hall–Kier alpha value is -2.08. The number of hydrogen-bond donors (Lipinski definition) is 0. The van der Waals surface area contributed by atoms with Crippen LogP contribution in [0.15, 0.2) is 34.7 Å². The van der Waals surface area contributed by atoms with E-state index in [4.69, 9.17) is 14.5 Å². The summed E-state index contributed by atoms with van der Waals surface area (Å²) in [5, 5.41) is 2.07. The van der Waals surface area contributed by atoms with E-state index in [1.807, 2.05) is 26.0 Å². The summed E-state index contributed by atoms with van der Waals surface area (Å²) in [4.78, 5) is 31.3. The summed E-state index contributed by atoms with van der Waals surface area (Å²) in [5.74, 6) is -1.13. The summed E-state index contributed by atoms with van der Waals surface area (Å²) in [6, 6.07) is 6.09. The van der Waals surface area contributed by atoms with Crippen molar-refractivity contribution >= 4 is 29.4 Å². The molecule has 1 aromatic rings. The average Bonchev–Trinajstić information content (AvgIpc) is 3.22. The standard InChI is InChI=1S/C21H21NO4S/c1-11-20(18(24)26-4)10-13-12-6-5-7-14(13)21(20)15(8-9-27-21)19(2,22-11)16(12)17(23)25-3/h5-9,15-16H,10H2,1-4H3/t15?,16-,19?,20?,21?/m1/s1. The Kier molecular flexibility index (Phi) is 3.18. The summed E-state index contributed by atoms with van der Waals surface area (Å²) < 4.78 is 10.0. The number of hydrogen-bond acceptors (Lipinski definition) is 6. The Morgan fingerprint density at radius 2 is 2.04 bits per heavy atom. The Bertz CT molecular complexity index is 969. The van der Waals surface area contributed by atoms with Crippen molar-refractivity contribution in [3.05, 3.63) is 46.4 Å². The number of aliphatic imine (C=N–C) groups is 1. The molecule has 5 bridgehead atoms. The maximum atomic E-state index is 13.3. The van der Waals surface area contributed by atoms with Crippen LogP contribution in [0.25, 0.3) is 0 Å². The summed E-state index contributed by atoms with van der Waals surface area (Å²) >= 11 is 1.68. The minimum Gasteiger partial charge on any atom is -0.468 e. The maximum absolute atomic E-state index is 13.3. The smallest absolute Gasteiger partial charge is 0.319 e. The number of esters is 2. The molecule has 0 N–H and O–H groups in total. The highest BCUT2D eigenvalue weighted by Crippen LogP contribution is 2.74. The van der Waals surface area contributed by atoms with Gasteiger partial charge in [-0.3, -0.25) is 14.6 Å². The predicted molar refractivity (Wildman–Crippen MR) is 103 cm³/mol. The first-order chi connectivity index (χ1) is 12.9. The zero-order valence-corrected chi connectivity index (χ0v) is 16.6. The molecular formula is C21H21NO4S. The number of carbonyl (C=O) groups is 2. The molecule has 6 heteroatoms. The highest BCUT2D eigenvalue weighted by atomic mass is 32.2. The third-order valence-electron chi connectivity index (χ3n) is 7.17. The normalized spacial score (nSPS) is 39.6. The van der Waals surface area contributed by atoms with E-state index >= 15 is 0 Å². The summed E-state index contributed by atoms with van der Waals surface area (Å²) in [6.45, 7) is 3.94. The number of ether oxygens (including phenoxy) is 2. The quantitative estimate of drug-likeness (QED) is 0.735. The fraction of sp³-hybridized carbons (Fsp3) is 0.476. The number of nitrogens with zero attached hydrogens (tertiary/aromatic N) is 1. The van der Waals surface area contributed by atoms with Crippen LogP contribution in [0.4, 0.5) is 0 Å². The molecule has 5 atom stereocenters. The molecule has 1 aromatic carbocycles. The van der Waals surface area contributed by atoms with Crippen LogP contribution in [0.3, 0.4) is 0 Å². The van der Waals surface area contributed by atoms with E-state index in [0.717, 1.165) is 22.4 Å². The molecule has 0 fully saturated rings. The zero-order valence-electron chi connectivity index (χ0n) is 15.7. The molecule has 140 valence electrons. The van der Waals surface area contributed by atoms with Gasteiger partial charge in [0.25, 0.3) is 0 Å². The van der Waals surface area contributed by atoms with E-state index in [1.165, 1.54) is 14.2 Å². The molecular weight excluding hydrogens is 362 g/mol. The third-order valence-corrected chi connectivity index (χ3v) is 8.66. The van der Waals surface area contributed by atoms with Gasteiger partial charge in [0.2, 0.25) is 0 Å². The second-order valence-corrected chi connectivity index (χ2v) is 9.14. The third kappa shape index (κ3) is 1.56. The van der Waals surface area contributed by atoms with Crippen LogP contribution in [0.2, 0.25) is 0 Å². The molecule has 0 saturated carbocycles. The van der Waals surface area contributed by atoms with Crippen molar-refractivity contribution in [2.75, 3.05) is 14.2 Å². The van der Waals surface area contributed by atoms with Crippen LogP contribution in [0, 0.1) is 11.3 Å². The monoisotopic (exact) mass is 383 g/mol. The average molecular weight is 383 g/mol. The lowest BCUT2D eigenvalue weighted by Crippen LogP contribution is -2.64. The number of thioether (sulfide) groups is 1. The van der Waals surface area contributed by atoms with Gasteiger partial charge in [0.15, 0.2) is 0 Å². The Balaban J connectivity index is 1.95. The molecule has 4 unspecified atom stereocenters. The number of rotatable bonds is 2. The molecule has 4 aliphatic rings. The second kappa shape index (κ2) is 5.04. The van der Waals surface area contributed by atoms with Crippen LogP contribution in [0.5, 0.6) is 0 Å². The van der Waals surface area contributed by atoms with Gasteiger partial charge in [0, 0.05) is 11.6 Å². The van der Waals surface area contributed by atoms with Gasteiger partial charge in [-0.25, -0.2) is 0 Å². The Morgan fingerprint density at radius 1 is 1.26 bits per heavy atom. The molecule has 2 aliphatic heterocycles. The molecule has 0 aromatic heterocycles. The van der Waals surface area contributed by atoms with Gasteiger partial charge in [-0.05, 0) is 42.4 Å². The zero-order chi connectivity index (χ0) is 19.2. The fourth-order valence-corrected chi connectivity index (χ4v) is 7.93. The van der Waals surface area contributed by atoms with Crippen LogP contribution in [-0.4, -0.2) is 37.4 Å². The van der Waals surface area contributed by atoms with E-state index in [0.29, 0.717) is 6.42 Å². The highest BCUT2D eigenvalue weighted by Gasteiger charge is 2.76. The summed E-state index contributed by atoms with van der Waals surface area (Å²) in [5.41, 5.74) is 2.33. The lowest BCUT2D eigenvalue weighted by molar-refractivity contribution is -0.152. The fourth-order valence-electron chi connectivity index (χ4n) is 6.20. The van der Waals surface area contributed by atoms with Crippen molar-refractivity contribution < 1.29 is 19.1 Å². The van der Waals surface area contributed by atoms with Gasteiger partial charge < -0.3 is 9.47 Å². The van der Waals surface area contributed by atoms with Crippen molar-refractivity contribution in [1.29, 1.82) is 0 Å². The van der Waals surface area contributed by atoms with Gasteiger partial charge in [0.1, 0.15) is 11.3 Å². The minimum absolute atomic E-state index is 0.108. The van der Waals surface area contributed by atoms with Gasteiger partial charge in [-0.2, -0.15) is 0 Å². The maximum Gasteiger partial charge on any atom is 0.319 e. The largest absolute Gasteiger partial charge is 0.468 e. The molecule has 5 rings (SSSR count). The molecule has 5 nitrogen and oxygen atoms in total. The molecule has 0 saturated heterocycles. The van der Waals surface area contributed by atoms with Crippen molar-refractivity contribution in [3.63, 3.8) is 0 Å². The van der Waals surface area contributed by atoms with Gasteiger partial charge in [-0.15, -0.1) is 11.8 Å². The van der Waals surface area contributed by atoms with E-state index in [-0.39, 0.29) is 17.9 Å². The van der Waals surface area contributed by atoms with Crippen LogP contribution >= 0.6 is 11.8 Å². The van der Waals surface area contributed by atoms with Crippen molar-refractivity contribution in [1.82, 2.24) is 0 Å². The first-order valence-electron chi connectivity index (χ1n) is 9.08. The lowest BCUT2D eigenvalue weighted by atomic mass is 9.56. The Labute approximate surface area is 162 Å². The Morgan fingerprint density at radius 3 is 2.74 bits per heavy atom. The number of benzene rings is 1. The highest BCUT2D eigenvalue weighted by molar-refractivity contribution is 8.03. The first-order valence-corrected chi connectivity index (χ1v) is 9.96. The summed E-state index contributed by atoms with van der Waals surface area (Å²) in [6.07, 6.45) is 2.63. The first kappa shape index (κ1) is 17.0. The van der Waals surface area contributed by atoms with Gasteiger partial charge in [0.05, 0.1) is 24.5 Å². The van der Waals surface area contributed by atoms with Crippen LogP contribution in [-0.2, 0) is 30.2 Å². The molecule has 2 heterocycles. The molecule has 1 spiro atoms. The van der Waals surface area contributed by atoms with Crippen molar-refractivity contribution in [2.24, 2.45) is 16.3 Å². The lowest BCUT2D eigenvalue weighted by Gasteiger charge is -2.55. The predicted octanol–water partition coefficient (Wildman–Crippen LogP) is 2.98. The second-order valence-electron chi connectivity index (χ2n) is 7.99. The van der Waals surface area contributed by atoms with E-state index < -0.39 is 21.6 Å².